The van der Waals surface area contributed by atoms with Crippen LogP contribution in [0, 0.1) is 35.9 Å². The molecule has 0 aliphatic carbocycles. The zero-order valence-corrected chi connectivity index (χ0v) is 35.8. The lowest BCUT2D eigenvalue weighted by Crippen LogP contribution is -2.56. The number of hydrogen-bond acceptors (Lipinski definition) is 11. The van der Waals surface area contributed by atoms with Crippen LogP contribution in [0.25, 0.3) is 0 Å². The van der Waals surface area contributed by atoms with Crippen molar-refractivity contribution in [2.45, 2.75) is 130 Å². The number of halogens is 1. The number of likely N-dealkylation sites (N-methyl/N-ethyl adjacent to an activating group) is 1. The molecule has 2 amide bonds. The van der Waals surface area contributed by atoms with Gasteiger partial charge in [0.2, 0.25) is 0 Å². The fourth-order valence-electron chi connectivity index (χ4n) is 7.06. The molecule has 1 aliphatic rings. The van der Waals surface area contributed by atoms with E-state index in [2.05, 4.69) is 26.4 Å². The van der Waals surface area contributed by atoms with Gasteiger partial charge in [0.15, 0.2) is 11.9 Å². The third kappa shape index (κ3) is 14.9. The van der Waals surface area contributed by atoms with Crippen molar-refractivity contribution in [3.63, 3.8) is 0 Å². The number of rotatable bonds is 24. The molecule has 1 aromatic heterocycles. The number of carbonyl (C=O) groups is 5. The Bertz CT molecular complexity index is 1700. The summed E-state index contributed by atoms with van der Waals surface area (Å²) in [5, 5.41) is 19.0. The number of unbranched alkanes of at least 4 members (excludes halogenated alkanes) is 1. The molecule has 2 aromatic rings. The van der Waals surface area contributed by atoms with Crippen molar-refractivity contribution in [2.75, 3.05) is 26.7 Å². The summed E-state index contributed by atoms with van der Waals surface area (Å²) in [6, 6.07) is 3.55. The minimum absolute atomic E-state index is 0.0209. The van der Waals surface area contributed by atoms with Crippen LogP contribution in [-0.2, 0) is 35.2 Å². The minimum atomic E-state index is -1.02. The molecule has 3 rings (SSSR count). The van der Waals surface area contributed by atoms with Crippen LogP contribution in [-0.4, -0.2) is 101 Å². The first-order valence-corrected chi connectivity index (χ1v) is 21.2. The van der Waals surface area contributed by atoms with Crippen molar-refractivity contribution < 1.29 is 43.0 Å². The molecule has 0 spiro atoms. The van der Waals surface area contributed by atoms with Crippen LogP contribution in [0.2, 0.25) is 0 Å². The molecular weight excluding hydrogens is 766 g/mol. The Balaban J connectivity index is 1.90. The second-order valence-electron chi connectivity index (χ2n) is 15.7. The maximum absolute atomic E-state index is 14.7. The molecule has 1 aliphatic heterocycles. The number of nitrogens with one attached hydrogen (secondary N) is 2. The van der Waals surface area contributed by atoms with Crippen molar-refractivity contribution >= 4 is 40.9 Å². The summed E-state index contributed by atoms with van der Waals surface area (Å²) in [5.74, 6) is -1.46. The second-order valence-corrected chi connectivity index (χ2v) is 16.6. The molecule has 0 bridgehead atoms. The van der Waals surface area contributed by atoms with Crippen molar-refractivity contribution in [3.05, 3.63) is 51.7 Å². The number of terminal acetylenes is 1. The maximum Gasteiger partial charge on any atom is 0.306 e. The Hall–Kier alpha value is -4.23. The van der Waals surface area contributed by atoms with Crippen LogP contribution < -0.4 is 10.6 Å². The first-order chi connectivity index (χ1) is 27.6. The lowest BCUT2D eigenvalue weighted by molar-refractivity contribution is -0.213. The number of benzene rings is 1. The van der Waals surface area contributed by atoms with Gasteiger partial charge < -0.3 is 15.2 Å². The van der Waals surface area contributed by atoms with E-state index in [4.69, 9.17) is 16.0 Å². The van der Waals surface area contributed by atoms with Crippen LogP contribution >= 0.6 is 11.3 Å². The van der Waals surface area contributed by atoms with Gasteiger partial charge in [-0.2, -0.15) is 0 Å². The van der Waals surface area contributed by atoms with E-state index in [1.54, 1.807) is 19.1 Å². The van der Waals surface area contributed by atoms with Crippen molar-refractivity contribution in [3.8, 4) is 12.3 Å². The topological polar surface area (TPSA) is 167 Å². The standard InChI is InChI=1S/C43H62FN5O8S/c1-9-11-14-21-56-49(42(53)39(28(5)10-2)45-25-37(51)35-15-12-13-20-48(35)8)36(27(3)4)24-38(57-30(7)50)41-47-34(26-58-41)40(52)46-33(22-29(6)43(54)55)23-31-16-18-32(44)19-17-31/h1,16-19,26-29,33,35-36,38-39,45H,10-15,20-25H2,2-8H3,(H,46,52)(H,54,55)/t28-,29-,33+,35+,36+,38+,39-/m0/s1. The lowest BCUT2D eigenvalue weighted by Gasteiger charge is -2.38. The van der Waals surface area contributed by atoms with E-state index in [9.17, 15) is 33.5 Å². The van der Waals surface area contributed by atoms with E-state index in [0.717, 1.165) is 37.1 Å². The minimum Gasteiger partial charge on any atom is -0.481 e. The Morgan fingerprint density at radius 1 is 1.12 bits per heavy atom. The van der Waals surface area contributed by atoms with Crippen LogP contribution in [0.3, 0.4) is 0 Å². The van der Waals surface area contributed by atoms with Crippen molar-refractivity contribution in [2.24, 2.45) is 17.8 Å². The predicted molar refractivity (Wildman–Crippen MR) is 220 cm³/mol. The summed E-state index contributed by atoms with van der Waals surface area (Å²) in [7, 11) is 1.95. The molecule has 13 nitrogen and oxygen atoms in total. The number of ether oxygens (including phenoxy) is 1. The van der Waals surface area contributed by atoms with E-state index in [1.165, 1.54) is 29.5 Å². The smallest absolute Gasteiger partial charge is 0.306 e. The number of hydrogen-bond donors (Lipinski definition) is 3. The number of Topliss-reactive ketones (excluding diaryl/α,β-unsaturated/α-hetero) is 1. The Morgan fingerprint density at radius 2 is 1.83 bits per heavy atom. The summed E-state index contributed by atoms with van der Waals surface area (Å²) in [6.45, 7) is 11.6. The SMILES string of the molecule is C#CCCCON(C(=O)[C@@H](NCC(=O)[C@H]1CCCCN1C)[C@@H](C)CC)[C@H](C[C@@H](OC(C)=O)c1nc(C(=O)N[C@@H](Cc2ccc(F)cc2)C[C@H](C)C(=O)O)cs1)C(C)C. The number of carbonyl (C=O) groups excluding carboxylic acids is 4. The van der Waals surface area contributed by atoms with Gasteiger partial charge >= 0.3 is 11.9 Å². The first kappa shape index (κ1) is 48.1. The van der Waals surface area contributed by atoms with Gasteiger partial charge in [-0.1, -0.05) is 59.6 Å². The molecule has 3 N–H and O–H groups in total. The number of ketones is 1. The highest BCUT2D eigenvalue weighted by atomic mass is 32.1. The quantitative estimate of drug-likeness (QED) is 0.0493. The van der Waals surface area contributed by atoms with Gasteiger partial charge in [-0.3, -0.25) is 39.0 Å². The van der Waals surface area contributed by atoms with E-state index in [0.29, 0.717) is 29.8 Å². The van der Waals surface area contributed by atoms with E-state index in [-0.39, 0.29) is 67.7 Å². The number of carboxylic acids is 1. The molecule has 0 saturated carbocycles. The number of carboxylic acid groups (broad SMARTS) is 1. The molecule has 7 atom stereocenters. The molecule has 0 radical (unpaired) electrons. The summed E-state index contributed by atoms with van der Waals surface area (Å²) < 4.78 is 19.4. The Morgan fingerprint density at radius 3 is 2.43 bits per heavy atom. The predicted octanol–water partition coefficient (Wildman–Crippen LogP) is 5.98. The number of thiazole rings is 1. The van der Waals surface area contributed by atoms with Crippen molar-refractivity contribution in [1.29, 1.82) is 0 Å². The largest absolute Gasteiger partial charge is 0.481 e. The molecule has 1 aromatic carbocycles. The zero-order chi connectivity index (χ0) is 42.9. The van der Waals surface area contributed by atoms with Gasteiger partial charge in [0.05, 0.1) is 37.2 Å². The van der Waals surface area contributed by atoms with Gasteiger partial charge in [-0.15, -0.1) is 23.7 Å². The highest BCUT2D eigenvalue weighted by Gasteiger charge is 2.38. The number of aliphatic carboxylic acids is 1. The molecule has 15 heteroatoms. The number of piperidine rings is 1. The van der Waals surface area contributed by atoms with Crippen molar-refractivity contribution in [1.82, 2.24) is 25.6 Å². The first-order valence-electron chi connectivity index (χ1n) is 20.3. The number of nitrogens with zero attached hydrogens (tertiary/aromatic N) is 3. The highest BCUT2D eigenvalue weighted by molar-refractivity contribution is 7.09. The van der Waals surface area contributed by atoms with Gasteiger partial charge in [0.1, 0.15) is 16.5 Å². The number of hydroxylamine groups is 2. The third-order valence-electron chi connectivity index (χ3n) is 10.7. The summed E-state index contributed by atoms with van der Waals surface area (Å²) >= 11 is 1.11. The van der Waals surface area contributed by atoms with Gasteiger partial charge in [-0.05, 0) is 75.2 Å². The van der Waals surface area contributed by atoms with E-state index < -0.39 is 53.8 Å². The van der Waals surface area contributed by atoms with Gasteiger partial charge in [-0.25, -0.2) is 14.4 Å². The summed E-state index contributed by atoms with van der Waals surface area (Å²) in [5.41, 5.74) is 0.755. The van der Waals surface area contributed by atoms with Crippen LogP contribution in [0.15, 0.2) is 29.6 Å². The van der Waals surface area contributed by atoms with E-state index >= 15 is 0 Å². The average Bonchev–Trinajstić information content (AvgIpc) is 3.68. The Kier molecular flexibility index (Phi) is 19.9. The number of amides is 2. The molecule has 1 saturated heterocycles. The molecule has 320 valence electrons. The highest BCUT2D eigenvalue weighted by Crippen LogP contribution is 2.32. The summed E-state index contributed by atoms with van der Waals surface area (Å²) in [4.78, 5) is 78.8. The van der Waals surface area contributed by atoms with Gasteiger partial charge in [0, 0.05) is 31.2 Å². The zero-order valence-electron chi connectivity index (χ0n) is 35.0. The van der Waals surface area contributed by atoms with Crippen LogP contribution in [0.1, 0.15) is 120 Å². The number of likely N-dealkylation sites (tertiary alicyclic amines) is 1. The summed E-state index contributed by atoms with van der Waals surface area (Å²) in [6.07, 6.45) is 9.36. The van der Waals surface area contributed by atoms with Crippen LogP contribution in [0.4, 0.5) is 4.39 Å². The molecule has 1 fully saturated rings. The molecule has 0 unspecified atom stereocenters. The molecule has 58 heavy (non-hydrogen) atoms. The monoisotopic (exact) mass is 827 g/mol. The second kappa shape index (κ2) is 24.0. The van der Waals surface area contributed by atoms with E-state index in [1.807, 2.05) is 34.7 Å². The lowest BCUT2D eigenvalue weighted by atomic mass is 9.93. The Labute approximate surface area is 346 Å². The molecular formula is C43H62FN5O8S. The number of aromatic nitrogens is 1. The normalized spacial score (nSPS) is 17.6. The average molecular weight is 828 g/mol. The van der Waals surface area contributed by atoms with Gasteiger partial charge in [0.25, 0.3) is 11.8 Å². The molecule has 2 heterocycles. The number of esters is 1. The third-order valence-corrected chi connectivity index (χ3v) is 11.6. The fourth-order valence-corrected chi connectivity index (χ4v) is 7.90. The van der Waals surface area contributed by atoms with Crippen LogP contribution in [0.5, 0.6) is 0 Å². The fraction of sp³-hybridized carbons (Fsp3) is 0.628. The maximum atomic E-state index is 14.7.